The third-order valence-electron chi connectivity index (χ3n) is 5.31. The molecule has 1 aromatic carbocycles. The summed E-state index contributed by atoms with van der Waals surface area (Å²) in [6.07, 6.45) is 1.61. The van der Waals surface area contributed by atoms with Crippen LogP contribution in [0.15, 0.2) is 47.5 Å². The van der Waals surface area contributed by atoms with Crippen LogP contribution in [-0.2, 0) is 14.8 Å². The van der Waals surface area contributed by atoms with E-state index in [2.05, 4.69) is 9.88 Å². The number of rotatable bonds is 4. The molecule has 1 amide bonds. The molecule has 0 unspecified atom stereocenters. The number of hydrogen-bond donors (Lipinski definition) is 0. The maximum Gasteiger partial charge on any atom is 0.253 e. The topological polar surface area (TPSA) is 83.0 Å². The molecule has 2 saturated heterocycles. The highest BCUT2D eigenvalue weighted by Crippen LogP contribution is 2.20. The minimum absolute atomic E-state index is 0.103. The first-order chi connectivity index (χ1) is 14.4. The van der Waals surface area contributed by atoms with Gasteiger partial charge in [0.2, 0.25) is 10.0 Å². The van der Waals surface area contributed by atoms with Crippen molar-refractivity contribution in [1.29, 1.82) is 0 Å². The summed E-state index contributed by atoms with van der Waals surface area (Å²) in [4.78, 5) is 21.3. The summed E-state index contributed by atoms with van der Waals surface area (Å²) in [6.45, 7) is 3.95. The van der Waals surface area contributed by atoms with Crippen LogP contribution < -0.4 is 4.90 Å². The molecule has 4 rings (SSSR count). The first-order valence-corrected chi connectivity index (χ1v) is 11.6. The molecule has 0 saturated carbocycles. The Morgan fingerprint density at radius 1 is 0.933 bits per heavy atom. The minimum Gasteiger partial charge on any atom is -0.379 e. The number of pyridine rings is 1. The van der Waals surface area contributed by atoms with E-state index >= 15 is 0 Å². The Bertz CT molecular complexity index is 984. The number of nitrogens with zero attached hydrogens (tertiary/aromatic N) is 4. The molecule has 160 valence electrons. The Kier molecular flexibility index (Phi) is 6.24. The van der Waals surface area contributed by atoms with E-state index in [0.717, 1.165) is 5.82 Å². The Labute approximate surface area is 181 Å². The van der Waals surface area contributed by atoms with Crippen molar-refractivity contribution in [2.24, 2.45) is 0 Å². The molecule has 0 aliphatic carbocycles. The highest BCUT2D eigenvalue weighted by Gasteiger charge is 2.27. The highest BCUT2D eigenvalue weighted by molar-refractivity contribution is 7.89. The van der Waals surface area contributed by atoms with Crippen LogP contribution in [0, 0.1) is 0 Å². The SMILES string of the molecule is O=C(c1ccc(S(=O)(=O)N2CCOCC2)cc1)N1CCN(c2ccc(Cl)cn2)CC1. The van der Waals surface area contributed by atoms with E-state index in [1.165, 1.54) is 16.4 Å². The van der Waals surface area contributed by atoms with E-state index in [-0.39, 0.29) is 10.8 Å². The first kappa shape index (κ1) is 21.0. The lowest BCUT2D eigenvalue weighted by Crippen LogP contribution is -2.49. The maximum atomic E-state index is 12.8. The fourth-order valence-electron chi connectivity index (χ4n) is 3.58. The predicted octanol–water partition coefficient (Wildman–Crippen LogP) is 1.72. The summed E-state index contributed by atoms with van der Waals surface area (Å²) in [6, 6.07) is 9.85. The van der Waals surface area contributed by atoms with Crippen LogP contribution in [0.25, 0.3) is 0 Å². The maximum absolute atomic E-state index is 12.8. The summed E-state index contributed by atoms with van der Waals surface area (Å²) in [7, 11) is -3.56. The van der Waals surface area contributed by atoms with Crippen LogP contribution in [0.1, 0.15) is 10.4 Å². The fraction of sp³-hybridized carbons (Fsp3) is 0.400. The number of aromatic nitrogens is 1. The Morgan fingerprint density at radius 3 is 2.20 bits per heavy atom. The number of sulfonamides is 1. The monoisotopic (exact) mass is 450 g/mol. The summed E-state index contributed by atoms with van der Waals surface area (Å²) >= 11 is 5.89. The molecule has 0 radical (unpaired) electrons. The molecule has 30 heavy (non-hydrogen) atoms. The number of hydrogen-bond acceptors (Lipinski definition) is 6. The number of carbonyl (C=O) groups excluding carboxylic acids is 1. The lowest BCUT2D eigenvalue weighted by atomic mass is 10.2. The zero-order valence-corrected chi connectivity index (χ0v) is 18.0. The van der Waals surface area contributed by atoms with Crippen LogP contribution in [0.2, 0.25) is 5.02 Å². The van der Waals surface area contributed by atoms with Crippen LogP contribution >= 0.6 is 11.6 Å². The largest absolute Gasteiger partial charge is 0.379 e. The van der Waals surface area contributed by atoms with Gasteiger partial charge in [-0.05, 0) is 36.4 Å². The quantitative estimate of drug-likeness (QED) is 0.705. The van der Waals surface area contributed by atoms with Gasteiger partial charge in [0.25, 0.3) is 5.91 Å². The molecule has 0 N–H and O–H groups in total. The molecule has 1 aromatic heterocycles. The third-order valence-corrected chi connectivity index (χ3v) is 7.45. The molecular formula is C20H23ClN4O4S. The molecule has 0 bridgehead atoms. The van der Waals surface area contributed by atoms with Crippen molar-refractivity contribution < 1.29 is 17.9 Å². The van der Waals surface area contributed by atoms with Crippen LogP contribution in [-0.4, -0.2) is 81.0 Å². The second-order valence-electron chi connectivity index (χ2n) is 7.15. The van der Waals surface area contributed by atoms with Gasteiger partial charge in [0.15, 0.2) is 0 Å². The zero-order chi connectivity index (χ0) is 21.1. The number of amides is 1. The van der Waals surface area contributed by atoms with Gasteiger partial charge in [-0.3, -0.25) is 4.79 Å². The second-order valence-corrected chi connectivity index (χ2v) is 9.53. The van der Waals surface area contributed by atoms with Gasteiger partial charge < -0.3 is 14.5 Å². The summed E-state index contributed by atoms with van der Waals surface area (Å²) in [5.41, 5.74) is 0.481. The molecule has 0 atom stereocenters. The van der Waals surface area contributed by atoms with Gasteiger partial charge in [0, 0.05) is 51.0 Å². The smallest absolute Gasteiger partial charge is 0.253 e. The average molecular weight is 451 g/mol. The van der Waals surface area contributed by atoms with Crippen molar-refractivity contribution >= 4 is 33.3 Å². The molecule has 10 heteroatoms. The van der Waals surface area contributed by atoms with Gasteiger partial charge in [-0.2, -0.15) is 4.31 Å². The average Bonchev–Trinajstić information content (AvgIpc) is 2.80. The van der Waals surface area contributed by atoms with Gasteiger partial charge in [0.05, 0.1) is 23.1 Å². The second kappa shape index (κ2) is 8.89. The van der Waals surface area contributed by atoms with E-state index in [1.54, 1.807) is 29.3 Å². The standard InChI is InChI=1S/C20H23ClN4O4S/c21-17-3-6-19(22-15-17)23-7-9-24(10-8-23)20(26)16-1-4-18(5-2-16)30(27,28)25-11-13-29-14-12-25/h1-6,15H,7-14H2. The summed E-state index contributed by atoms with van der Waals surface area (Å²) < 4.78 is 32.1. The van der Waals surface area contributed by atoms with Crippen molar-refractivity contribution in [1.82, 2.24) is 14.2 Å². The lowest BCUT2D eigenvalue weighted by Gasteiger charge is -2.35. The number of morpholine rings is 1. The van der Waals surface area contributed by atoms with Crippen molar-refractivity contribution in [3.63, 3.8) is 0 Å². The summed E-state index contributed by atoms with van der Waals surface area (Å²) in [5.74, 6) is 0.734. The third kappa shape index (κ3) is 4.44. The molecule has 2 aromatic rings. The fourth-order valence-corrected chi connectivity index (χ4v) is 5.10. The molecule has 0 spiro atoms. The van der Waals surface area contributed by atoms with Crippen molar-refractivity contribution in [3.8, 4) is 0 Å². The van der Waals surface area contributed by atoms with E-state index in [1.807, 2.05) is 6.07 Å². The van der Waals surface area contributed by atoms with Gasteiger partial charge >= 0.3 is 0 Å². The van der Waals surface area contributed by atoms with Gasteiger partial charge in [-0.15, -0.1) is 0 Å². The van der Waals surface area contributed by atoms with Crippen LogP contribution in [0.4, 0.5) is 5.82 Å². The first-order valence-electron chi connectivity index (χ1n) is 9.79. The molecule has 2 fully saturated rings. The minimum atomic E-state index is -3.56. The zero-order valence-electron chi connectivity index (χ0n) is 16.4. The predicted molar refractivity (Wildman–Crippen MR) is 113 cm³/mol. The number of carbonyl (C=O) groups is 1. The van der Waals surface area contributed by atoms with Crippen molar-refractivity contribution in [2.75, 3.05) is 57.4 Å². The van der Waals surface area contributed by atoms with Gasteiger partial charge in [-0.25, -0.2) is 13.4 Å². The molecule has 2 aliphatic rings. The summed E-state index contributed by atoms with van der Waals surface area (Å²) in [5, 5.41) is 0.589. The van der Waals surface area contributed by atoms with Crippen LogP contribution in [0.5, 0.6) is 0 Å². The normalized spacial score (nSPS) is 18.4. The Balaban J connectivity index is 1.39. The Morgan fingerprint density at radius 2 is 1.60 bits per heavy atom. The number of ether oxygens (including phenoxy) is 1. The number of anilines is 1. The van der Waals surface area contributed by atoms with E-state index in [0.29, 0.717) is 63.1 Å². The van der Waals surface area contributed by atoms with E-state index < -0.39 is 10.0 Å². The number of piperazine rings is 1. The lowest BCUT2D eigenvalue weighted by molar-refractivity contribution is 0.0730. The number of benzene rings is 1. The van der Waals surface area contributed by atoms with Gasteiger partial charge in [0.1, 0.15) is 5.82 Å². The van der Waals surface area contributed by atoms with Crippen molar-refractivity contribution in [3.05, 3.63) is 53.2 Å². The molecule has 8 nitrogen and oxygen atoms in total. The van der Waals surface area contributed by atoms with Crippen molar-refractivity contribution in [2.45, 2.75) is 4.90 Å². The van der Waals surface area contributed by atoms with Crippen LogP contribution in [0.3, 0.4) is 0 Å². The van der Waals surface area contributed by atoms with E-state index in [4.69, 9.17) is 16.3 Å². The van der Waals surface area contributed by atoms with Gasteiger partial charge in [-0.1, -0.05) is 11.6 Å². The van der Waals surface area contributed by atoms with E-state index in [9.17, 15) is 13.2 Å². The molecule has 2 aliphatic heterocycles. The highest BCUT2D eigenvalue weighted by atomic mass is 35.5. The molecule has 3 heterocycles. The number of halogens is 1. The Hall–Kier alpha value is -2.20. The molecular weight excluding hydrogens is 428 g/mol.